The van der Waals surface area contributed by atoms with Crippen molar-refractivity contribution in [3.63, 3.8) is 0 Å². The molecule has 176 valence electrons. The summed E-state index contributed by atoms with van der Waals surface area (Å²) in [6.07, 6.45) is 0. The minimum atomic E-state index is 0. The van der Waals surface area contributed by atoms with Crippen molar-refractivity contribution in [2.45, 2.75) is 25.9 Å². The van der Waals surface area contributed by atoms with Gasteiger partial charge in [0, 0.05) is 58.8 Å². The quantitative estimate of drug-likeness (QED) is 0.254. The van der Waals surface area contributed by atoms with E-state index in [-0.39, 0.29) is 36.5 Å². The Hall–Kier alpha value is -1.68. The number of nitrogens with one attached hydrogen (secondary N) is 2. The lowest BCUT2D eigenvalue weighted by molar-refractivity contribution is 0.132. The Balaban J connectivity index is 0.00000363. The number of hydrogen-bond acceptors (Lipinski definition) is 4. The zero-order chi connectivity index (χ0) is 21.9. The molecule has 0 saturated carbocycles. The van der Waals surface area contributed by atoms with E-state index in [9.17, 15) is 5.11 Å². The van der Waals surface area contributed by atoms with Crippen LogP contribution in [0, 0.1) is 0 Å². The number of aliphatic hydroxyl groups is 1. The molecule has 0 amide bonds. The molecule has 2 aromatic rings. The van der Waals surface area contributed by atoms with Crippen molar-refractivity contribution >= 4 is 29.9 Å². The predicted molar refractivity (Wildman–Crippen MR) is 144 cm³/mol. The molecule has 0 bridgehead atoms. The number of benzene rings is 2. The number of hydrogen-bond donors (Lipinski definition) is 3. The fraction of sp³-hybridized carbons (Fsp3) is 0.480. The molecule has 1 unspecified atom stereocenters. The molecule has 1 heterocycles. The third-order valence-corrected chi connectivity index (χ3v) is 6.03. The first kappa shape index (κ1) is 26.6. The van der Waals surface area contributed by atoms with Crippen LogP contribution in [0.2, 0.25) is 0 Å². The summed E-state index contributed by atoms with van der Waals surface area (Å²) in [6.45, 7) is 10.5. The second-order valence-electron chi connectivity index (χ2n) is 8.12. The van der Waals surface area contributed by atoms with Crippen LogP contribution in [-0.4, -0.2) is 73.8 Å². The molecule has 32 heavy (non-hydrogen) atoms. The molecule has 3 rings (SSSR count). The number of piperazine rings is 1. The molecule has 1 saturated heterocycles. The van der Waals surface area contributed by atoms with Gasteiger partial charge in [-0.05, 0) is 23.2 Å². The Kier molecular flexibility index (Phi) is 12.0. The zero-order valence-electron chi connectivity index (χ0n) is 19.3. The first-order valence-corrected chi connectivity index (χ1v) is 11.3. The van der Waals surface area contributed by atoms with Gasteiger partial charge < -0.3 is 20.6 Å². The van der Waals surface area contributed by atoms with Gasteiger partial charge in [0.2, 0.25) is 0 Å². The molecule has 1 atom stereocenters. The fourth-order valence-corrected chi connectivity index (χ4v) is 3.92. The molecule has 0 spiro atoms. The summed E-state index contributed by atoms with van der Waals surface area (Å²) >= 11 is 0. The van der Waals surface area contributed by atoms with Crippen LogP contribution in [0.15, 0.2) is 59.6 Å². The first-order valence-electron chi connectivity index (χ1n) is 11.3. The SMILES string of the molecule is CCN1CCN(Cc2ccc(CNC(=NC)NCC(CO)c3ccccc3)cc2)CC1.I. The van der Waals surface area contributed by atoms with Gasteiger partial charge in [0.1, 0.15) is 0 Å². The lowest BCUT2D eigenvalue weighted by Crippen LogP contribution is -2.45. The van der Waals surface area contributed by atoms with Crippen molar-refractivity contribution < 1.29 is 5.11 Å². The summed E-state index contributed by atoms with van der Waals surface area (Å²) in [4.78, 5) is 9.36. The molecule has 2 aromatic carbocycles. The Morgan fingerprint density at radius 3 is 2.16 bits per heavy atom. The van der Waals surface area contributed by atoms with Crippen LogP contribution in [0.3, 0.4) is 0 Å². The van der Waals surface area contributed by atoms with Crippen molar-refractivity contribution in [1.82, 2.24) is 20.4 Å². The average molecular weight is 552 g/mol. The highest BCUT2D eigenvalue weighted by molar-refractivity contribution is 14.0. The highest BCUT2D eigenvalue weighted by Crippen LogP contribution is 2.13. The molecule has 0 aromatic heterocycles. The maximum absolute atomic E-state index is 9.74. The summed E-state index contributed by atoms with van der Waals surface area (Å²) in [6, 6.07) is 18.9. The van der Waals surface area contributed by atoms with E-state index >= 15 is 0 Å². The van der Waals surface area contributed by atoms with Crippen molar-refractivity contribution in [2.24, 2.45) is 4.99 Å². The van der Waals surface area contributed by atoms with E-state index in [1.807, 2.05) is 30.3 Å². The number of guanidine groups is 1. The van der Waals surface area contributed by atoms with Crippen LogP contribution in [0.25, 0.3) is 0 Å². The van der Waals surface area contributed by atoms with E-state index in [4.69, 9.17) is 0 Å². The monoisotopic (exact) mass is 551 g/mol. The predicted octanol–water partition coefficient (Wildman–Crippen LogP) is 2.88. The average Bonchev–Trinajstić information content (AvgIpc) is 2.83. The largest absolute Gasteiger partial charge is 0.396 e. The molecule has 1 aliphatic rings. The normalized spacial score (nSPS) is 16.3. The van der Waals surface area contributed by atoms with E-state index in [0.717, 1.165) is 37.7 Å². The van der Waals surface area contributed by atoms with Crippen LogP contribution in [0.1, 0.15) is 29.5 Å². The lowest BCUT2D eigenvalue weighted by atomic mass is 10.0. The molecule has 0 aliphatic carbocycles. The Bertz CT molecular complexity index is 792. The van der Waals surface area contributed by atoms with Gasteiger partial charge in [0.15, 0.2) is 5.96 Å². The zero-order valence-corrected chi connectivity index (χ0v) is 21.7. The highest BCUT2D eigenvalue weighted by atomic mass is 127. The van der Waals surface area contributed by atoms with E-state index in [0.29, 0.717) is 13.1 Å². The van der Waals surface area contributed by atoms with Gasteiger partial charge >= 0.3 is 0 Å². The van der Waals surface area contributed by atoms with E-state index < -0.39 is 0 Å². The summed E-state index contributed by atoms with van der Waals surface area (Å²) in [5, 5.41) is 16.4. The molecular formula is C25H38IN5O. The van der Waals surface area contributed by atoms with Crippen LogP contribution < -0.4 is 10.6 Å². The van der Waals surface area contributed by atoms with Crippen LogP contribution >= 0.6 is 24.0 Å². The third-order valence-electron chi connectivity index (χ3n) is 6.03. The number of likely N-dealkylation sites (N-methyl/N-ethyl adjacent to an activating group) is 1. The fourth-order valence-electron chi connectivity index (χ4n) is 3.92. The molecular weight excluding hydrogens is 513 g/mol. The Labute approximate surface area is 210 Å². The van der Waals surface area contributed by atoms with Crippen molar-refractivity contribution in [3.05, 3.63) is 71.3 Å². The lowest BCUT2D eigenvalue weighted by Gasteiger charge is -2.34. The minimum Gasteiger partial charge on any atom is -0.396 e. The van der Waals surface area contributed by atoms with Gasteiger partial charge in [-0.25, -0.2) is 0 Å². The van der Waals surface area contributed by atoms with Crippen LogP contribution in [0.4, 0.5) is 0 Å². The Morgan fingerprint density at radius 2 is 1.56 bits per heavy atom. The molecule has 0 radical (unpaired) electrons. The molecule has 6 nitrogen and oxygen atoms in total. The summed E-state index contributed by atoms with van der Waals surface area (Å²) in [7, 11) is 1.77. The topological polar surface area (TPSA) is 63.1 Å². The summed E-state index contributed by atoms with van der Waals surface area (Å²) in [5.41, 5.74) is 3.72. The number of halogens is 1. The van der Waals surface area contributed by atoms with Gasteiger partial charge in [0.05, 0.1) is 6.61 Å². The van der Waals surface area contributed by atoms with Crippen LogP contribution in [-0.2, 0) is 13.1 Å². The molecule has 1 aliphatic heterocycles. The van der Waals surface area contributed by atoms with Crippen molar-refractivity contribution in [1.29, 1.82) is 0 Å². The maximum Gasteiger partial charge on any atom is 0.191 e. The third kappa shape index (κ3) is 8.35. The van der Waals surface area contributed by atoms with E-state index in [2.05, 4.69) is 56.6 Å². The number of nitrogens with zero attached hydrogens (tertiary/aromatic N) is 3. The van der Waals surface area contributed by atoms with Crippen molar-refractivity contribution in [2.75, 3.05) is 52.9 Å². The van der Waals surface area contributed by atoms with Gasteiger partial charge in [-0.15, -0.1) is 24.0 Å². The van der Waals surface area contributed by atoms with Gasteiger partial charge in [-0.2, -0.15) is 0 Å². The standard InChI is InChI=1S/C25H37N5O.HI/c1-3-29-13-15-30(16-14-29)19-22-11-9-21(10-12-22)17-27-25(26-2)28-18-24(20-31)23-7-5-4-6-8-23;/h4-12,24,31H,3,13-20H2,1-2H3,(H2,26,27,28);1H. The van der Waals surface area contributed by atoms with Gasteiger partial charge in [0.25, 0.3) is 0 Å². The van der Waals surface area contributed by atoms with E-state index in [1.165, 1.54) is 24.2 Å². The molecule has 7 heteroatoms. The van der Waals surface area contributed by atoms with Crippen LogP contribution in [0.5, 0.6) is 0 Å². The van der Waals surface area contributed by atoms with Gasteiger partial charge in [-0.1, -0.05) is 61.5 Å². The first-order chi connectivity index (χ1) is 15.2. The molecule has 1 fully saturated rings. The number of rotatable bonds is 9. The van der Waals surface area contributed by atoms with Gasteiger partial charge in [-0.3, -0.25) is 9.89 Å². The maximum atomic E-state index is 9.74. The molecule has 3 N–H and O–H groups in total. The second-order valence-corrected chi connectivity index (χ2v) is 8.12. The Morgan fingerprint density at radius 1 is 0.938 bits per heavy atom. The second kappa shape index (κ2) is 14.5. The number of aliphatic imine (C=N–C) groups is 1. The van der Waals surface area contributed by atoms with E-state index in [1.54, 1.807) is 7.05 Å². The highest BCUT2D eigenvalue weighted by Gasteiger charge is 2.15. The minimum absolute atomic E-state index is 0. The number of aliphatic hydroxyl groups excluding tert-OH is 1. The van der Waals surface area contributed by atoms with Crippen molar-refractivity contribution in [3.8, 4) is 0 Å². The summed E-state index contributed by atoms with van der Waals surface area (Å²) < 4.78 is 0. The summed E-state index contributed by atoms with van der Waals surface area (Å²) in [5.74, 6) is 0.783. The smallest absolute Gasteiger partial charge is 0.191 e.